The quantitative estimate of drug-likeness (QED) is 0.392. The summed E-state index contributed by atoms with van der Waals surface area (Å²) in [6.45, 7) is 10.6. The molecule has 0 heterocycles. The second kappa shape index (κ2) is 11.9. The third kappa shape index (κ3) is 5.89. The zero-order chi connectivity index (χ0) is 26.3. The lowest BCUT2D eigenvalue weighted by Crippen LogP contribution is -2.66. The standard InChI is InChI=1S/C30H39NO4Si/c1-23(2)31(25-16-18-26(33)19-17-25)29(34)24(22-32)20-21-35-36(30(3,4)5,27-12-8-6-9-13-27)28-14-10-7-11-15-28/h6-19,23-24,32-33H,20-22H2,1-5H3. The lowest BCUT2D eigenvalue weighted by atomic mass is 10.0. The Labute approximate surface area is 216 Å². The number of anilines is 1. The van der Waals surface area contributed by atoms with Crippen molar-refractivity contribution >= 4 is 30.3 Å². The summed E-state index contributed by atoms with van der Waals surface area (Å²) in [5, 5.41) is 22.1. The second-order valence-corrected chi connectivity index (χ2v) is 14.8. The molecule has 1 amide bonds. The first-order valence-corrected chi connectivity index (χ1v) is 14.5. The second-order valence-electron chi connectivity index (χ2n) is 10.5. The number of amides is 1. The molecule has 0 aliphatic carbocycles. The summed E-state index contributed by atoms with van der Waals surface area (Å²) >= 11 is 0. The highest BCUT2D eigenvalue weighted by Gasteiger charge is 2.50. The number of aliphatic hydroxyl groups excluding tert-OH is 1. The first-order valence-electron chi connectivity index (χ1n) is 12.6. The van der Waals surface area contributed by atoms with E-state index >= 15 is 0 Å². The van der Waals surface area contributed by atoms with Crippen molar-refractivity contribution in [3.05, 3.63) is 84.9 Å². The van der Waals surface area contributed by atoms with Gasteiger partial charge in [0, 0.05) is 18.3 Å². The van der Waals surface area contributed by atoms with Gasteiger partial charge in [0.1, 0.15) is 5.75 Å². The van der Waals surface area contributed by atoms with E-state index in [0.29, 0.717) is 18.7 Å². The number of phenols is 1. The zero-order valence-electron chi connectivity index (χ0n) is 22.0. The Morgan fingerprint density at radius 3 is 1.81 bits per heavy atom. The average Bonchev–Trinajstić information content (AvgIpc) is 2.85. The summed E-state index contributed by atoms with van der Waals surface area (Å²) in [4.78, 5) is 15.2. The minimum Gasteiger partial charge on any atom is -0.508 e. The molecule has 3 rings (SSSR count). The summed E-state index contributed by atoms with van der Waals surface area (Å²) in [5.41, 5.74) is 0.694. The van der Waals surface area contributed by atoms with Gasteiger partial charge in [-0.15, -0.1) is 0 Å². The molecule has 0 fully saturated rings. The van der Waals surface area contributed by atoms with Gasteiger partial charge in [-0.05, 0) is 59.9 Å². The topological polar surface area (TPSA) is 70.0 Å². The highest BCUT2D eigenvalue weighted by molar-refractivity contribution is 6.99. The molecule has 0 spiro atoms. The maximum absolute atomic E-state index is 13.6. The number of phenolic OH excluding ortho intramolecular Hbond substituents is 1. The summed E-state index contributed by atoms with van der Waals surface area (Å²) in [6, 6.07) is 27.3. The monoisotopic (exact) mass is 505 g/mol. The molecule has 0 radical (unpaired) electrons. The van der Waals surface area contributed by atoms with Crippen molar-refractivity contribution in [2.24, 2.45) is 5.92 Å². The lowest BCUT2D eigenvalue weighted by Gasteiger charge is -2.43. The van der Waals surface area contributed by atoms with E-state index < -0.39 is 14.2 Å². The Morgan fingerprint density at radius 1 is 0.889 bits per heavy atom. The van der Waals surface area contributed by atoms with E-state index in [0.717, 1.165) is 0 Å². The molecule has 2 N–H and O–H groups in total. The van der Waals surface area contributed by atoms with Crippen LogP contribution in [0.2, 0.25) is 5.04 Å². The van der Waals surface area contributed by atoms with E-state index in [1.54, 1.807) is 29.2 Å². The molecular formula is C30H39NO4Si. The maximum atomic E-state index is 13.6. The summed E-state index contributed by atoms with van der Waals surface area (Å²) < 4.78 is 6.93. The summed E-state index contributed by atoms with van der Waals surface area (Å²) in [7, 11) is -2.72. The van der Waals surface area contributed by atoms with Crippen molar-refractivity contribution in [3.8, 4) is 5.75 Å². The minimum absolute atomic E-state index is 0.103. The van der Waals surface area contributed by atoms with Crippen molar-refractivity contribution in [1.82, 2.24) is 0 Å². The van der Waals surface area contributed by atoms with Crippen LogP contribution >= 0.6 is 0 Å². The number of carbonyl (C=O) groups is 1. The maximum Gasteiger partial charge on any atom is 0.261 e. The van der Waals surface area contributed by atoms with Gasteiger partial charge < -0.3 is 19.5 Å². The molecule has 3 aromatic carbocycles. The van der Waals surface area contributed by atoms with Gasteiger partial charge in [0.2, 0.25) is 5.91 Å². The molecule has 0 saturated heterocycles. The van der Waals surface area contributed by atoms with Crippen LogP contribution in [-0.2, 0) is 9.22 Å². The number of carbonyl (C=O) groups excluding carboxylic acids is 1. The summed E-state index contributed by atoms with van der Waals surface area (Å²) in [5.74, 6) is -0.601. The van der Waals surface area contributed by atoms with Crippen LogP contribution in [0.4, 0.5) is 5.69 Å². The van der Waals surface area contributed by atoms with Crippen molar-refractivity contribution in [3.63, 3.8) is 0 Å². The van der Waals surface area contributed by atoms with Gasteiger partial charge in [-0.25, -0.2) is 0 Å². The molecule has 1 atom stereocenters. The molecule has 0 aliphatic rings. The Morgan fingerprint density at radius 2 is 1.39 bits per heavy atom. The third-order valence-corrected chi connectivity index (χ3v) is 11.7. The molecule has 36 heavy (non-hydrogen) atoms. The van der Waals surface area contributed by atoms with Crippen molar-refractivity contribution in [2.45, 2.75) is 52.1 Å². The van der Waals surface area contributed by atoms with Gasteiger partial charge >= 0.3 is 0 Å². The highest BCUT2D eigenvalue weighted by Crippen LogP contribution is 2.37. The fourth-order valence-electron chi connectivity index (χ4n) is 4.90. The largest absolute Gasteiger partial charge is 0.508 e. The predicted molar refractivity (Wildman–Crippen MR) is 149 cm³/mol. The predicted octanol–water partition coefficient (Wildman–Crippen LogP) is 4.71. The summed E-state index contributed by atoms with van der Waals surface area (Å²) in [6.07, 6.45) is 0.404. The SMILES string of the molecule is CC(C)N(C(=O)C(CO)CCO[Si](c1ccccc1)(c1ccccc1)C(C)(C)C)c1ccc(O)cc1. The van der Waals surface area contributed by atoms with E-state index in [2.05, 4.69) is 45.0 Å². The fourth-order valence-corrected chi connectivity index (χ4v) is 9.48. The van der Waals surface area contributed by atoms with Crippen LogP contribution in [0.25, 0.3) is 0 Å². The van der Waals surface area contributed by atoms with Gasteiger partial charge in [-0.3, -0.25) is 4.79 Å². The van der Waals surface area contributed by atoms with Crippen LogP contribution in [0.3, 0.4) is 0 Å². The molecule has 1 unspecified atom stereocenters. The molecular weight excluding hydrogens is 466 g/mol. The van der Waals surface area contributed by atoms with E-state index in [1.807, 2.05) is 50.2 Å². The molecule has 192 valence electrons. The number of aliphatic hydroxyl groups is 1. The van der Waals surface area contributed by atoms with Crippen molar-refractivity contribution < 1.29 is 19.4 Å². The van der Waals surface area contributed by atoms with Gasteiger partial charge in [0.25, 0.3) is 8.32 Å². The Bertz CT molecular complexity index is 1060. The highest BCUT2D eigenvalue weighted by atomic mass is 28.4. The molecule has 0 aromatic heterocycles. The Balaban J connectivity index is 1.89. The van der Waals surface area contributed by atoms with Crippen molar-refractivity contribution in [1.29, 1.82) is 0 Å². The third-order valence-electron chi connectivity index (χ3n) is 6.65. The number of nitrogens with zero attached hydrogens (tertiary/aromatic N) is 1. The fraction of sp³-hybridized carbons (Fsp3) is 0.367. The molecule has 0 aliphatic heterocycles. The smallest absolute Gasteiger partial charge is 0.261 e. The van der Waals surface area contributed by atoms with E-state index in [4.69, 9.17) is 4.43 Å². The van der Waals surface area contributed by atoms with Crippen LogP contribution in [0.5, 0.6) is 5.75 Å². The zero-order valence-corrected chi connectivity index (χ0v) is 23.0. The number of hydrogen-bond donors (Lipinski definition) is 2. The first-order chi connectivity index (χ1) is 17.1. The van der Waals surface area contributed by atoms with Gasteiger partial charge in [0.15, 0.2) is 0 Å². The molecule has 5 nitrogen and oxygen atoms in total. The molecule has 6 heteroatoms. The first kappa shape index (κ1) is 27.7. The van der Waals surface area contributed by atoms with Crippen LogP contribution in [0.1, 0.15) is 41.0 Å². The number of rotatable bonds is 10. The number of aromatic hydroxyl groups is 1. The minimum atomic E-state index is -2.72. The van der Waals surface area contributed by atoms with Crippen LogP contribution in [-0.4, -0.2) is 43.7 Å². The van der Waals surface area contributed by atoms with E-state index in [9.17, 15) is 15.0 Å². The molecule has 3 aromatic rings. The molecule has 0 saturated carbocycles. The van der Waals surface area contributed by atoms with Crippen molar-refractivity contribution in [2.75, 3.05) is 18.1 Å². The average molecular weight is 506 g/mol. The van der Waals surface area contributed by atoms with Crippen LogP contribution < -0.4 is 15.3 Å². The van der Waals surface area contributed by atoms with Gasteiger partial charge in [-0.1, -0.05) is 81.4 Å². The van der Waals surface area contributed by atoms with Gasteiger partial charge in [0.05, 0.1) is 12.5 Å². The molecule has 0 bridgehead atoms. The Kier molecular flexibility index (Phi) is 9.12. The van der Waals surface area contributed by atoms with E-state index in [1.165, 1.54) is 10.4 Å². The van der Waals surface area contributed by atoms with Crippen LogP contribution in [0.15, 0.2) is 84.9 Å². The lowest BCUT2D eigenvalue weighted by molar-refractivity contribution is -0.124. The number of hydrogen-bond acceptors (Lipinski definition) is 4. The van der Waals surface area contributed by atoms with Crippen LogP contribution in [0, 0.1) is 5.92 Å². The normalized spacial score (nSPS) is 13.0. The number of benzene rings is 3. The van der Waals surface area contributed by atoms with E-state index in [-0.39, 0.29) is 29.3 Å². The Hall–Kier alpha value is -2.93. The van der Waals surface area contributed by atoms with Gasteiger partial charge in [-0.2, -0.15) is 0 Å².